The second-order valence-electron chi connectivity index (χ2n) is 6.17. The number of anilines is 1. The van der Waals surface area contributed by atoms with E-state index >= 15 is 0 Å². The molecule has 0 amide bonds. The van der Waals surface area contributed by atoms with Crippen molar-refractivity contribution >= 4 is 16.5 Å². The van der Waals surface area contributed by atoms with Crippen LogP contribution in [-0.2, 0) is 0 Å². The second-order valence-corrected chi connectivity index (χ2v) is 6.17. The fourth-order valence-electron chi connectivity index (χ4n) is 3.75. The summed E-state index contributed by atoms with van der Waals surface area (Å²) in [6, 6.07) is 15.0. The molecule has 1 saturated carbocycles. The van der Waals surface area contributed by atoms with Crippen LogP contribution in [0.5, 0.6) is 0 Å². The van der Waals surface area contributed by atoms with Crippen molar-refractivity contribution in [3.8, 4) is 6.07 Å². The molecule has 2 heteroatoms. The van der Waals surface area contributed by atoms with Crippen molar-refractivity contribution in [1.82, 2.24) is 0 Å². The van der Waals surface area contributed by atoms with Gasteiger partial charge in [0.15, 0.2) is 0 Å². The Morgan fingerprint density at radius 1 is 1.14 bits per heavy atom. The van der Waals surface area contributed by atoms with E-state index in [4.69, 9.17) is 0 Å². The molecule has 3 atom stereocenters. The summed E-state index contributed by atoms with van der Waals surface area (Å²) in [4.78, 5) is 0. The summed E-state index contributed by atoms with van der Waals surface area (Å²) in [5.41, 5.74) is 1.92. The van der Waals surface area contributed by atoms with Gasteiger partial charge < -0.3 is 5.32 Å². The van der Waals surface area contributed by atoms with Crippen LogP contribution in [-0.4, -0.2) is 6.04 Å². The highest BCUT2D eigenvalue weighted by molar-refractivity contribution is 5.97. The number of hydrogen-bond acceptors (Lipinski definition) is 2. The minimum Gasteiger partial charge on any atom is -0.382 e. The van der Waals surface area contributed by atoms with E-state index in [1.54, 1.807) is 0 Å². The van der Waals surface area contributed by atoms with Gasteiger partial charge in [0.25, 0.3) is 0 Å². The molecule has 0 aliphatic heterocycles. The zero-order valence-corrected chi connectivity index (χ0v) is 12.8. The van der Waals surface area contributed by atoms with E-state index in [0.29, 0.717) is 12.0 Å². The van der Waals surface area contributed by atoms with Crippen LogP contribution in [0.4, 0.5) is 5.69 Å². The zero-order valence-electron chi connectivity index (χ0n) is 12.8. The molecule has 21 heavy (non-hydrogen) atoms. The Labute approximate surface area is 126 Å². The number of nitrogens with one attached hydrogen (secondary N) is 1. The largest absolute Gasteiger partial charge is 0.382 e. The predicted octanol–water partition coefficient (Wildman–Crippen LogP) is 4.95. The number of nitriles is 1. The molecule has 0 aromatic heterocycles. The molecule has 1 N–H and O–H groups in total. The van der Waals surface area contributed by atoms with Crippen molar-refractivity contribution in [3.63, 3.8) is 0 Å². The molecule has 1 aliphatic rings. The van der Waals surface area contributed by atoms with E-state index in [9.17, 15) is 5.26 Å². The zero-order chi connectivity index (χ0) is 14.8. The van der Waals surface area contributed by atoms with Gasteiger partial charge in [-0.2, -0.15) is 5.26 Å². The van der Waals surface area contributed by atoms with Crippen LogP contribution < -0.4 is 5.32 Å². The molecule has 0 radical (unpaired) electrons. The highest BCUT2D eigenvalue weighted by atomic mass is 14.9. The van der Waals surface area contributed by atoms with Gasteiger partial charge in [0.2, 0.25) is 0 Å². The molecule has 0 spiro atoms. The summed E-state index contributed by atoms with van der Waals surface area (Å²) in [6.07, 6.45) is 3.84. The Hall–Kier alpha value is -2.01. The first-order valence-electron chi connectivity index (χ1n) is 7.93. The summed E-state index contributed by atoms with van der Waals surface area (Å²) in [6.45, 7) is 4.66. The maximum absolute atomic E-state index is 9.25. The Balaban J connectivity index is 1.94. The van der Waals surface area contributed by atoms with Gasteiger partial charge >= 0.3 is 0 Å². The molecular formula is C19H22N2. The minimum absolute atomic E-state index is 0.547. The average Bonchev–Trinajstić information content (AvgIpc) is 2.88. The lowest BCUT2D eigenvalue weighted by molar-refractivity contribution is 0.392. The van der Waals surface area contributed by atoms with E-state index in [1.807, 2.05) is 24.3 Å². The predicted molar refractivity (Wildman–Crippen MR) is 88.3 cm³/mol. The van der Waals surface area contributed by atoms with E-state index in [0.717, 1.165) is 22.3 Å². The van der Waals surface area contributed by atoms with Gasteiger partial charge in [-0.3, -0.25) is 0 Å². The summed E-state index contributed by atoms with van der Waals surface area (Å²) < 4.78 is 0. The van der Waals surface area contributed by atoms with Gasteiger partial charge in [0, 0.05) is 22.5 Å². The monoisotopic (exact) mass is 278 g/mol. The number of benzene rings is 2. The van der Waals surface area contributed by atoms with Crippen molar-refractivity contribution in [1.29, 1.82) is 5.26 Å². The van der Waals surface area contributed by atoms with Crippen molar-refractivity contribution in [3.05, 3.63) is 42.0 Å². The highest BCUT2D eigenvalue weighted by Gasteiger charge is 2.31. The van der Waals surface area contributed by atoms with Crippen molar-refractivity contribution in [2.75, 3.05) is 5.32 Å². The fourth-order valence-corrected chi connectivity index (χ4v) is 3.75. The SMILES string of the molecule is CCC1CCC(Nc2ccc(C#N)c3ccccc23)C1C. The summed E-state index contributed by atoms with van der Waals surface area (Å²) in [5, 5.41) is 15.2. The van der Waals surface area contributed by atoms with Gasteiger partial charge in [0.1, 0.15) is 0 Å². The Bertz CT molecular complexity index is 684. The van der Waals surface area contributed by atoms with Crippen LogP contribution >= 0.6 is 0 Å². The van der Waals surface area contributed by atoms with Gasteiger partial charge in [-0.15, -0.1) is 0 Å². The lowest BCUT2D eigenvalue weighted by atomic mass is 9.93. The maximum Gasteiger partial charge on any atom is 0.0998 e. The first kappa shape index (κ1) is 13.9. The molecule has 2 aromatic carbocycles. The van der Waals surface area contributed by atoms with Gasteiger partial charge in [-0.05, 0) is 36.8 Å². The van der Waals surface area contributed by atoms with Gasteiger partial charge in [-0.1, -0.05) is 44.5 Å². The molecule has 3 rings (SSSR count). The normalized spacial score (nSPS) is 24.9. The lowest BCUT2D eigenvalue weighted by Gasteiger charge is -2.23. The van der Waals surface area contributed by atoms with Crippen LogP contribution in [0, 0.1) is 23.2 Å². The molecule has 0 saturated heterocycles. The van der Waals surface area contributed by atoms with Crippen LogP contribution in [0.15, 0.2) is 36.4 Å². The molecule has 2 aromatic rings. The van der Waals surface area contributed by atoms with E-state index in [-0.39, 0.29) is 0 Å². The topological polar surface area (TPSA) is 35.8 Å². The quantitative estimate of drug-likeness (QED) is 0.862. The third kappa shape index (κ3) is 2.49. The molecule has 2 nitrogen and oxygen atoms in total. The second kappa shape index (κ2) is 5.77. The van der Waals surface area contributed by atoms with E-state index in [2.05, 4.69) is 37.4 Å². The molecule has 3 unspecified atom stereocenters. The standard InChI is InChI=1S/C19H22N2/c1-3-14-8-10-18(13(14)2)21-19-11-9-15(12-20)16-6-4-5-7-17(16)19/h4-7,9,11,13-14,18,21H,3,8,10H2,1-2H3. The molecule has 0 bridgehead atoms. The molecule has 108 valence electrons. The van der Waals surface area contributed by atoms with E-state index in [1.165, 1.54) is 24.9 Å². The smallest absolute Gasteiger partial charge is 0.0998 e. The first-order valence-corrected chi connectivity index (χ1v) is 7.93. The van der Waals surface area contributed by atoms with Crippen LogP contribution in [0.25, 0.3) is 10.8 Å². The Kier molecular flexibility index (Phi) is 3.84. The molecular weight excluding hydrogens is 256 g/mol. The van der Waals surface area contributed by atoms with Crippen molar-refractivity contribution in [2.45, 2.75) is 39.2 Å². The molecule has 1 aliphatic carbocycles. The average molecular weight is 278 g/mol. The summed E-state index contributed by atoms with van der Waals surface area (Å²) >= 11 is 0. The third-order valence-electron chi connectivity index (χ3n) is 5.14. The van der Waals surface area contributed by atoms with Crippen LogP contribution in [0.1, 0.15) is 38.7 Å². The number of hydrogen-bond donors (Lipinski definition) is 1. The fraction of sp³-hybridized carbons (Fsp3) is 0.421. The number of rotatable bonds is 3. The first-order chi connectivity index (χ1) is 10.2. The molecule has 1 fully saturated rings. The maximum atomic E-state index is 9.25. The lowest BCUT2D eigenvalue weighted by Crippen LogP contribution is -2.24. The van der Waals surface area contributed by atoms with Crippen molar-refractivity contribution < 1.29 is 0 Å². The molecule has 0 heterocycles. The Morgan fingerprint density at radius 3 is 2.57 bits per heavy atom. The number of fused-ring (bicyclic) bond motifs is 1. The highest BCUT2D eigenvalue weighted by Crippen LogP contribution is 2.37. The summed E-state index contributed by atoms with van der Waals surface area (Å²) in [7, 11) is 0. The Morgan fingerprint density at radius 2 is 1.90 bits per heavy atom. The van der Waals surface area contributed by atoms with Gasteiger partial charge in [-0.25, -0.2) is 0 Å². The van der Waals surface area contributed by atoms with Crippen LogP contribution in [0.2, 0.25) is 0 Å². The minimum atomic E-state index is 0.547. The summed E-state index contributed by atoms with van der Waals surface area (Å²) in [5.74, 6) is 1.55. The third-order valence-corrected chi connectivity index (χ3v) is 5.14. The van der Waals surface area contributed by atoms with Crippen molar-refractivity contribution in [2.24, 2.45) is 11.8 Å². The van der Waals surface area contributed by atoms with Crippen LogP contribution in [0.3, 0.4) is 0 Å². The van der Waals surface area contributed by atoms with Gasteiger partial charge in [0.05, 0.1) is 11.6 Å². The number of nitrogens with zero attached hydrogens (tertiary/aromatic N) is 1. The van der Waals surface area contributed by atoms with E-state index < -0.39 is 0 Å².